The molecule has 2 rings (SSSR count). The van der Waals surface area contributed by atoms with Gasteiger partial charge in [0.2, 0.25) is 0 Å². The number of aromatic amines is 1. The molecule has 1 unspecified atom stereocenters. The molecule has 0 aliphatic carbocycles. The fourth-order valence-corrected chi connectivity index (χ4v) is 3.47. The molecule has 0 saturated carbocycles. The summed E-state index contributed by atoms with van der Waals surface area (Å²) in [5.41, 5.74) is 1.42. The van der Waals surface area contributed by atoms with Crippen LogP contribution in [0.5, 0.6) is 0 Å². The fraction of sp³-hybridized carbons (Fsp3) is 0.762. The van der Waals surface area contributed by atoms with Gasteiger partial charge in [-0.1, -0.05) is 83.2 Å². The first-order chi connectivity index (χ1) is 13.5. The molecule has 2 aromatic rings. The molecule has 0 aliphatic heterocycles. The molecule has 0 aliphatic rings. The Labute approximate surface area is 173 Å². The highest BCUT2D eigenvalue weighted by Gasteiger charge is 2.19. The van der Waals surface area contributed by atoms with E-state index in [2.05, 4.69) is 22.1 Å². The van der Waals surface area contributed by atoms with E-state index in [-0.39, 0.29) is 18.3 Å². The highest BCUT2D eigenvalue weighted by atomic mass is 35.5. The molecule has 2 heterocycles. The Morgan fingerprint density at radius 1 is 1.11 bits per heavy atom. The molecule has 0 bridgehead atoms. The number of esters is 1. The molecule has 0 fully saturated rings. The average Bonchev–Trinajstić information content (AvgIpc) is 3.19. The molecule has 0 radical (unpaired) electrons. The standard InChI is InChI=1S/C21H35ClN4O2/c1-4-5-6-7-8-9-10-11-12-13-14-28-18(27)15-16(2)20-23-21-19(22)17(3)24-26(21)25-20/h16,24H,4-15H2,1-3H3. The number of hydrogen-bond acceptors (Lipinski definition) is 4. The van der Waals surface area contributed by atoms with E-state index in [1.807, 2.05) is 13.8 Å². The highest BCUT2D eigenvalue weighted by Crippen LogP contribution is 2.23. The van der Waals surface area contributed by atoms with Gasteiger partial charge in [0.25, 0.3) is 0 Å². The lowest BCUT2D eigenvalue weighted by molar-refractivity contribution is -0.144. The average molecular weight is 411 g/mol. The van der Waals surface area contributed by atoms with Gasteiger partial charge in [0.15, 0.2) is 11.5 Å². The highest BCUT2D eigenvalue weighted by molar-refractivity contribution is 6.34. The number of rotatable bonds is 14. The number of hydrogen-bond donors (Lipinski definition) is 1. The smallest absolute Gasteiger partial charge is 0.306 e. The van der Waals surface area contributed by atoms with Crippen LogP contribution in [0.1, 0.15) is 102 Å². The lowest BCUT2D eigenvalue weighted by atomic mass is 10.1. The Hall–Kier alpha value is -1.56. The van der Waals surface area contributed by atoms with Gasteiger partial charge in [-0.2, -0.15) is 4.63 Å². The number of H-pyrrole nitrogens is 1. The van der Waals surface area contributed by atoms with Crippen LogP contribution in [0.25, 0.3) is 5.65 Å². The molecular formula is C21H35ClN4O2. The maximum Gasteiger partial charge on any atom is 0.306 e. The SMILES string of the molecule is CCCCCCCCCCCCOC(=O)CC(C)c1nc2c(Cl)c(C)[nH]n2n1. The van der Waals surface area contributed by atoms with E-state index < -0.39 is 0 Å². The number of aromatic nitrogens is 4. The number of unbranched alkanes of at least 4 members (excludes halogenated alkanes) is 9. The minimum absolute atomic E-state index is 0.107. The van der Waals surface area contributed by atoms with E-state index in [0.717, 1.165) is 18.5 Å². The van der Waals surface area contributed by atoms with Crippen LogP contribution in [-0.2, 0) is 9.53 Å². The number of nitrogens with one attached hydrogen (secondary N) is 1. The molecule has 28 heavy (non-hydrogen) atoms. The summed E-state index contributed by atoms with van der Waals surface area (Å²) in [7, 11) is 0. The molecule has 0 spiro atoms. The number of carbonyl (C=O) groups excluding carboxylic acids is 1. The van der Waals surface area contributed by atoms with Crippen LogP contribution in [0.15, 0.2) is 0 Å². The van der Waals surface area contributed by atoms with Crippen LogP contribution >= 0.6 is 11.6 Å². The first-order valence-electron chi connectivity index (χ1n) is 10.8. The Morgan fingerprint density at radius 3 is 2.32 bits per heavy atom. The van der Waals surface area contributed by atoms with Crippen LogP contribution in [-0.4, -0.2) is 32.4 Å². The Kier molecular flexibility index (Phi) is 9.82. The van der Waals surface area contributed by atoms with Crippen molar-refractivity contribution in [1.29, 1.82) is 0 Å². The lowest BCUT2D eigenvalue weighted by Crippen LogP contribution is -2.11. The summed E-state index contributed by atoms with van der Waals surface area (Å²) >= 11 is 6.18. The molecule has 0 amide bonds. The van der Waals surface area contributed by atoms with Gasteiger partial charge in [-0.25, -0.2) is 4.98 Å². The van der Waals surface area contributed by atoms with Crippen LogP contribution in [0.4, 0.5) is 0 Å². The molecule has 1 N–H and O–H groups in total. The van der Waals surface area contributed by atoms with Gasteiger partial charge in [0.1, 0.15) is 5.02 Å². The topological polar surface area (TPSA) is 72.3 Å². The van der Waals surface area contributed by atoms with Crippen molar-refractivity contribution < 1.29 is 9.53 Å². The second kappa shape index (κ2) is 12.1. The third-order valence-electron chi connectivity index (χ3n) is 5.10. The molecule has 6 nitrogen and oxygen atoms in total. The van der Waals surface area contributed by atoms with E-state index in [4.69, 9.17) is 16.3 Å². The van der Waals surface area contributed by atoms with Crippen molar-refractivity contribution in [2.24, 2.45) is 0 Å². The molecule has 1 atom stereocenters. The summed E-state index contributed by atoms with van der Waals surface area (Å²) in [5.74, 6) is 0.304. The summed E-state index contributed by atoms with van der Waals surface area (Å²) in [4.78, 5) is 16.5. The zero-order valence-electron chi connectivity index (χ0n) is 17.6. The quantitative estimate of drug-likeness (QED) is 0.307. The maximum atomic E-state index is 12.0. The van der Waals surface area contributed by atoms with Crippen molar-refractivity contribution in [1.82, 2.24) is 19.8 Å². The molecule has 0 saturated heterocycles. The number of halogens is 1. The normalized spacial score (nSPS) is 12.6. The zero-order valence-corrected chi connectivity index (χ0v) is 18.4. The van der Waals surface area contributed by atoms with Gasteiger partial charge in [-0.05, 0) is 13.3 Å². The van der Waals surface area contributed by atoms with Crippen molar-refractivity contribution in [2.45, 2.75) is 97.3 Å². The summed E-state index contributed by atoms with van der Waals surface area (Å²) in [6, 6.07) is 0. The van der Waals surface area contributed by atoms with E-state index in [1.54, 1.807) is 4.63 Å². The Morgan fingerprint density at radius 2 is 1.71 bits per heavy atom. The third-order valence-corrected chi connectivity index (χ3v) is 5.55. The van der Waals surface area contributed by atoms with E-state index in [0.29, 0.717) is 23.1 Å². The van der Waals surface area contributed by atoms with Gasteiger partial charge >= 0.3 is 5.97 Å². The van der Waals surface area contributed by atoms with Gasteiger partial charge < -0.3 is 4.74 Å². The van der Waals surface area contributed by atoms with Crippen LogP contribution in [0.2, 0.25) is 5.02 Å². The minimum Gasteiger partial charge on any atom is -0.466 e. The molecule has 0 aromatic carbocycles. The van der Waals surface area contributed by atoms with Gasteiger partial charge in [-0.3, -0.25) is 9.89 Å². The number of ether oxygens (including phenoxy) is 1. The van der Waals surface area contributed by atoms with Crippen molar-refractivity contribution in [3.05, 3.63) is 16.5 Å². The van der Waals surface area contributed by atoms with Crippen LogP contribution in [0.3, 0.4) is 0 Å². The number of aryl methyl sites for hydroxylation is 1. The maximum absolute atomic E-state index is 12.0. The summed E-state index contributed by atoms with van der Waals surface area (Å²) in [5, 5.41) is 7.96. The predicted molar refractivity (Wildman–Crippen MR) is 113 cm³/mol. The van der Waals surface area contributed by atoms with E-state index >= 15 is 0 Å². The molecule has 7 heteroatoms. The first-order valence-corrected chi connectivity index (χ1v) is 11.2. The number of fused-ring (bicyclic) bond motifs is 1. The minimum atomic E-state index is -0.191. The summed E-state index contributed by atoms with van der Waals surface area (Å²) in [6.45, 7) is 6.55. The van der Waals surface area contributed by atoms with E-state index in [9.17, 15) is 4.79 Å². The molecule has 158 valence electrons. The third kappa shape index (κ3) is 7.12. The first kappa shape index (κ1) is 22.7. The second-order valence-electron chi connectivity index (χ2n) is 7.76. The second-order valence-corrected chi connectivity index (χ2v) is 8.14. The van der Waals surface area contributed by atoms with Gasteiger partial charge in [0.05, 0.1) is 18.7 Å². The molecular weight excluding hydrogens is 376 g/mol. The molecule has 2 aromatic heterocycles. The summed E-state index contributed by atoms with van der Waals surface area (Å²) in [6.07, 6.45) is 13.0. The van der Waals surface area contributed by atoms with Gasteiger partial charge in [0, 0.05) is 5.92 Å². The largest absolute Gasteiger partial charge is 0.466 e. The van der Waals surface area contributed by atoms with Crippen LogP contribution < -0.4 is 0 Å². The zero-order chi connectivity index (χ0) is 20.4. The number of nitrogens with zero attached hydrogens (tertiary/aromatic N) is 3. The van der Waals surface area contributed by atoms with Crippen LogP contribution in [0, 0.1) is 6.92 Å². The van der Waals surface area contributed by atoms with Crippen molar-refractivity contribution >= 4 is 23.2 Å². The van der Waals surface area contributed by atoms with Crippen molar-refractivity contribution in [3.8, 4) is 0 Å². The lowest BCUT2D eigenvalue weighted by Gasteiger charge is -2.08. The van der Waals surface area contributed by atoms with Gasteiger partial charge in [-0.15, -0.1) is 5.10 Å². The van der Waals surface area contributed by atoms with E-state index in [1.165, 1.54) is 51.4 Å². The fourth-order valence-electron chi connectivity index (χ4n) is 3.31. The van der Waals surface area contributed by atoms with Crippen molar-refractivity contribution in [3.63, 3.8) is 0 Å². The predicted octanol–water partition coefficient (Wildman–Crippen LogP) is 5.98. The number of carbonyl (C=O) groups is 1. The van der Waals surface area contributed by atoms with Crippen molar-refractivity contribution in [2.75, 3.05) is 6.61 Å². The Bertz CT molecular complexity index is 725. The Balaban J connectivity index is 1.54. The monoisotopic (exact) mass is 410 g/mol. The summed E-state index contributed by atoms with van der Waals surface area (Å²) < 4.78 is 6.92.